The molecule has 1 aliphatic rings. The number of amides is 1. The van der Waals surface area contributed by atoms with Crippen LogP contribution >= 0.6 is 11.6 Å². The van der Waals surface area contributed by atoms with Crippen LogP contribution in [0.1, 0.15) is 23.5 Å². The number of fused-ring (bicyclic) bond motifs is 1. The third-order valence-corrected chi connectivity index (χ3v) is 4.67. The number of carbonyl (C=O) groups excluding carboxylic acids is 1. The molecular formula is C18H13ClN4O3. The SMILES string of the molecule is O=C1CC(c2cccc([N+](=O)[O-])c2)c2c(n[nH]c2-c2ccc(Cl)cc2)N1. The number of H-pyrrole nitrogens is 1. The molecule has 3 aromatic rings. The molecule has 7 nitrogen and oxygen atoms in total. The van der Waals surface area contributed by atoms with E-state index in [1.165, 1.54) is 12.1 Å². The minimum Gasteiger partial charge on any atom is -0.309 e. The van der Waals surface area contributed by atoms with Crippen LogP contribution < -0.4 is 5.32 Å². The number of anilines is 1. The molecule has 1 atom stereocenters. The van der Waals surface area contributed by atoms with Gasteiger partial charge in [0.1, 0.15) is 0 Å². The number of nitro groups is 1. The van der Waals surface area contributed by atoms with Gasteiger partial charge in [0.05, 0.1) is 10.6 Å². The maximum absolute atomic E-state index is 12.1. The van der Waals surface area contributed by atoms with Gasteiger partial charge in [-0.1, -0.05) is 35.9 Å². The summed E-state index contributed by atoms with van der Waals surface area (Å²) in [5, 5.41) is 21.7. The van der Waals surface area contributed by atoms with Crippen LogP contribution in [0.15, 0.2) is 48.5 Å². The maximum atomic E-state index is 12.1. The third kappa shape index (κ3) is 2.82. The first-order valence-corrected chi connectivity index (χ1v) is 8.29. The molecule has 130 valence electrons. The molecule has 0 saturated heterocycles. The van der Waals surface area contributed by atoms with Crippen molar-refractivity contribution in [1.82, 2.24) is 10.2 Å². The van der Waals surface area contributed by atoms with Crippen LogP contribution in [0, 0.1) is 10.1 Å². The van der Waals surface area contributed by atoms with Crippen LogP contribution in [-0.4, -0.2) is 21.0 Å². The molecule has 0 fully saturated rings. The van der Waals surface area contributed by atoms with Gasteiger partial charge in [-0.2, -0.15) is 5.10 Å². The lowest BCUT2D eigenvalue weighted by molar-refractivity contribution is -0.384. The van der Waals surface area contributed by atoms with Crippen molar-refractivity contribution in [3.63, 3.8) is 0 Å². The summed E-state index contributed by atoms with van der Waals surface area (Å²) in [4.78, 5) is 22.8. The van der Waals surface area contributed by atoms with Gasteiger partial charge in [-0.15, -0.1) is 0 Å². The minimum absolute atomic E-state index is 0.00781. The monoisotopic (exact) mass is 368 g/mol. The van der Waals surface area contributed by atoms with Crippen molar-refractivity contribution in [2.24, 2.45) is 0 Å². The summed E-state index contributed by atoms with van der Waals surface area (Å²) < 4.78 is 0. The third-order valence-electron chi connectivity index (χ3n) is 4.42. The Morgan fingerprint density at radius 3 is 2.69 bits per heavy atom. The Bertz CT molecular complexity index is 1010. The van der Waals surface area contributed by atoms with Gasteiger partial charge in [-0.05, 0) is 17.7 Å². The number of aromatic amines is 1. The Morgan fingerprint density at radius 2 is 1.96 bits per heavy atom. The van der Waals surface area contributed by atoms with Gasteiger partial charge >= 0.3 is 0 Å². The quantitative estimate of drug-likeness (QED) is 0.536. The summed E-state index contributed by atoms with van der Waals surface area (Å²) >= 11 is 5.96. The second kappa shape index (κ2) is 6.27. The first-order valence-electron chi connectivity index (χ1n) is 7.91. The van der Waals surface area contributed by atoms with Crippen molar-refractivity contribution in [3.8, 4) is 11.3 Å². The molecule has 0 aliphatic carbocycles. The largest absolute Gasteiger partial charge is 0.309 e. The minimum atomic E-state index is -0.442. The van der Waals surface area contributed by atoms with Crippen LogP contribution in [0.5, 0.6) is 0 Å². The zero-order chi connectivity index (χ0) is 18.3. The first-order chi connectivity index (χ1) is 12.5. The van der Waals surface area contributed by atoms with Crippen LogP contribution in [0.3, 0.4) is 0 Å². The molecule has 2 heterocycles. The highest BCUT2D eigenvalue weighted by Crippen LogP contribution is 2.42. The van der Waals surface area contributed by atoms with Gasteiger partial charge in [0.25, 0.3) is 5.69 Å². The van der Waals surface area contributed by atoms with Crippen LogP contribution in [-0.2, 0) is 4.79 Å². The van der Waals surface area contributed by atoms with Crippen molar-refractivity contribution >= 4 is 29.0 Å². The van der Waals surface area contributed by atoms with Gasteiger partial charge in [0, 0.05) is 40.6 Å². The van der Waals surface area contributed by atoms with Gasteiger partial charge < -0.3 is 5.32 Å². The van der Waals surface area contributed by atoms with Crippen molar-refractivity contribution in [2.75, 3.05) is 5.32 Å². The number of non-ortho nitro benzene ring substituents is 1. The summed E-state index contributed by atoms with van der Waals surface area (Å²) in [6.45, 7) is 0. The summed E-state index contributed by atoms with van der Waals surface area (Å²) in [6.07, 6.45) is 0.189. The number of hydrogen-bond donors (Lipinski definition) is 2. The van der Waals surface area contributed by atoms with Crippen molar-refractivity contribution in [3.05, 3.63) is 74.8 Å². The highest BCUT2D eigenvalue weighted by molar-refractivity contribution is 6.30. The standard InChI is InChI=1S/C18H13ClN4O3/c19-12-6-4-10(5-7-12)17-16-14(9-15(24)20-18(16)22-21-17)11-2-1-3-13(8-11)23(25)26/h1-8,14H,9H2,(H2,20,21,22,24). The molecule has 1 amide bonds. The topological polar surface area (TPSA) is 101 Å². The number of nitrogens with zero attached hydrogens (tertiary/aromatic N) is 2. The van der Waals surface area contributed by atoms with E-state index in [0.29, 0.717) is 16.4 Å². The molecular weight excluding hydrogens is 356 g/mol. The fraction of sp³-hybridized carbons (Fsp3) is 0.111. The predicted octanol–water partition coefficient (Wildman–Crippen LogP) is 4.11. The first kappa shape index (κ1) is 16.3. The number of benzene rings is 2. The number of carbonyl (C=O) groups is 1. The van der Waals surface area contributed by atoms with E-state index in [0.717, 1.165) is 16.8 Å². The van der Waals surface area contributed by atoms with E-state index in [-0.39, 0.29) is 23.9 Å². The molecule has 0 saturated carbocycles. The second-order valence-corrected chi connectivity index (χ2v) is 6.46. The Kier molecular flexibility index (Phi) is 3.93. The number of aromatic nitrogens is 2. The molecule has 26 heavy (non-hydrogen) atoms. The molecule has 0 bridgehead atoms. The molecule has 2 aromatic carbocycles. The molecule has 8 heteroatoms. The maximum Gasteiger partial charge on any atom is 0.269 e. The second-order valence-electron chi connectivity index (χ2n) is 6.02. The van der Waals surface area contributed by atoms with E-state index in [1.807, 2.05) is 12.1 Å². The Morgan fingerprint density at radius 1 is 1.19 bits per heavy atom. The Labute approximate surface area is 153 Å². The molecule has 0 spiro atoms. The van der Waals surface area contributed by atoms with Crippen LogP contribution in [0.25, 0.3) is 11.3 Å². The fourth-order valence-corrected chi connectivity index (χ4v) is 3.36. The van der Waals surface area contributed by atoms with Crippen LogP contribution in [0.4, 0.5) is 11.5 Å². The van der Waals surface area contributed by atoms with E-state index >= 15 is 0 Å². The molecule has 4 rings (SSSR count). The van der Waals surface area contributed by atoms with E-state index in [9.17, 15) is 14.9 Å². The van der Waals surface area contributed by atoms with Crippen molar-refractivity contribution in [1.29, 1.82) is 0 Å². The normalized spacial score (nSPS) is 16.0. The predicted molar refractivity (Wildman–Crippen MR) is 97.2 cm³/mol. The van der Waals surface area contributed by atoms with E-state index in [1.54, 1.807) is 24.3 Å². The lowest BCUT2D eigenvalue weighted by Crippen LogP contribution is -2.23. The van der Waals surface area contributed by atoms with Crippen molar-refractivity contribution < 1.29 is 9.72 Å². The average molecular weight is 369 g/mol. The zero-order valence-corrected chi connectivity index (χ0v) is 14.2. The smallest absolute Gasteiger partial charge is 0.269 e. The van der Waals surface area contributed by atoms with Gasteiger partial charge in [-0.25, -0.2) is 0 Å². The lowest BCUT2D eigenvalue weighted by atomic mass is 9.84. The fourth-order valence-electron chi connectivity index (χ4n) is 3.23. The number of hydrogen-bond acceptors (Lipinski definition) is 4. The van der Waals surface area contributed by atoms with E-state index in [4.69, 9.17) is 11.6 Å². The summed E-state index contributed by atoms with van der Waals surface area (Å²) in [6, 6.07) is 13.6. The summed E-state index contributed by atoms with van der Waals surface area (Å²) in [5.41, 5.74) is 3.13. The highest BCUT2D eigenvalue weighted by Gasteiger charge is 2.32. The van der Waals surface area contributed by atoms with Gasteiger partial charge in [-0.3, -0.25) is 20.0 Å². The number of halogens is 1. The average Bonchev–Trinajstić information content (AvgIpc) is 3.05. The zero-order valence-electron chi connectivity index (χ0n) is 13.4. The van der Waals surface area contributed by atoms with E-state index < -0.39 is 4.92 Å². The summed E-state index contributed by atoms with van der Waals surface area (Å²) in [5.74, 6) is -0.0612. The van der Waals surface area contributed by atoms with Gasteiger partial charge in [0.2, 0.25) is 5.91 Å². The number of nitro benzene ring substituents is 1. The van der Waals surface area contributed by atoms with Crippen LogP contribution in [0.2, 0.25) is 5.02 Å². The Hall–Kier alpha value is -3.19. The Balaban J connectivity index is 1.85. The van der Waals surface area contributed by atoms with Crippen molar-refractivity contribution in [2.45, 2.75) is 12.3 Å². The van der Waals surface area contributed by atoms with Gasteiger partial charge in [0.15, 0.2) is 5.82 Å². The number of rotatable bonds is 3. The molecule has 1 aromatic heterocycles. The summed E-state index contributed by atoms with van der Waals surface area (Å²) in [7, 11) is 0. The lowest BCUT2D eigenvalue weighted by Gasteiger charge is -2.23. The molecule has 1 aliphatic heterocycles. The highest BCUT2D eigenvalue weighted by atomic mass is 35.5. The number of nitrogens with one attached hydrogen (secondary N) is 2. The molecule has 0 radical (unpaired) electrons. The van der Waals surface area contributed by atoms with E-state index in [2.05, 4.69) is 15.5 Å². The molecule has 1 unspecified atom stereocenters. The molecule has 2 N–H and O–H groups in total.